The molecule has 140 valence electrons. The maximum Gasteiger partial charge on any atom is 0.257 e. The van der Waals surface area contributed by atoms with E-state index in [4.69, 9.17) is 4.74 Å². The van der Waals surface area contributed by atoms with Gasteiger partial charge in [0.25, 0.3) is 5.91 Å². The Hall–Kier alpha value is -2.77. The third-order valence-electron chi connectivity index (χ3n) is 4.75. The molecule has 0 unspecified atom stereocenters. The normalized spacial score (nSPS) is 15.1. The predicted octanol–water partition coefficient (Wildman–Crippen LogP) is 2.76. The third kappa shape index (κ3) is 3.99. The number of carbonyl (C=O) groups excluding carboxylic acids is 1. The minimum absolute atomic E-state index is 0.301. The van der Waals surface area contributed by atoms with E-state index in [1.165, 1.54) is 12.1 Å². The van der Waals surface area contributed by atoms with E-state index in [2.05, 4.69) is 15.3 Å². The zero-order valence-corrected chi connectivity index (χ0v) is 14.9. The Morgan fingerprint density at radius 1 is 1.07 bits per heavy atom. The lowest BCUT2D eigenvalue weighted by molar-refractivity contribution is 0.0360. The van der Waals surface area contributed by atoms with Gasteiger partial charge in [-0.3, -0.25) is 14.4 Å². The van der Waals surface area contributed by atoms with Gasteiger partial charge in [0.15, 0.2) is 5.82 Å². The van der Waals surface area contributed by atoms with Crippen LogP contribution in [0.15, 0.2) is 48.7 Å². The highest BCUT2D eigenvalue weighted by Crippen LogP contribution is 2.22. The van der Waals surface area contributed by atoms with Gasteiger partial charge in [0.2, 0.25) is 0 Å². The lowest BCUT2D eigenvalue weighted by Crippen LogP contribution is -2.38. The topological polar surface area (TPSA) is 59.4 Å². The summed E-state index contributed by atoms with van der Waals surface area (Å²) in [6, 6.07) is 11.5. The Morgan fingerprint density at radius 3 is 2.67 bits per heavy atom. The van der Waals surface area contributed by atoms with Gasteiger partial charge >= 0.3 is 0 Å². The number of benzene rings is 2. The molecule has 2 aromatic carbocycles. The lowest BCUT2D eigenvalue weighted by atomic mass is 10.0. The van der Waals surface area contributed by atoms with Crippen LogP contribution in [-0.4, -0.2) is 53.4 Å². The zero-order chi connectivity index (χ0) is 18.6. The molecule has 0 bridgehead atoms. The van der Waals surface area contributed by atoms with Crippen LogP contribution in [0.2, 0.25) is 0 Å². The molecule has 3 aromatic rings. The number of morpholine rings is 1. The number of hydrogen-bond acceptors (Lipinski definition) is 4. The molecule has 27 heavy (non-hydrogen) atoms. The molecular formula is C20H21FN4O2. The Labute approximate surface area is 156 Å². The molecule has 1 amide bonds. The van der Waals surface area contributed by atoms with E-state index in [9.17, 15) is 9.18 Å². The van der Waals surface area contributed by atoms with Crippen LogP contribution in [0, 0.1) is 5.82 Å². The van der Waals surface area contributed by atoms with Crippen molar-refractivity contribution in [2.75, 3.05) is 38.2 Å². The Morgan fingerprint density at radius 2 is 1.85 bits per heavy atom. The highest BCUT2D eigenvalue weighted by Gasteiger charge is 2.14. The van der Waals surface area contributed by atoms with Gasteiger partial charge in [-0.15, -0.1) is 0 Å². The van der Waals surface area contributed by atoms with Crippen LogP contribution in [0.3, 0.4) is 0 Å². The summed E-state index contributed by atoms with van der Waals surface area (Å²) in [6.07, 6.45) is 1.85. The molecule has 1 aliphatic rings. The highest BCUT2D eigenvalue weighted by molar-refractivity contribution is 6.12. The van der Waals surface area contributed by atoms with E-state index >= 15 is 0 Å². The van der Waals surface area contributed by atoms with Crippen molar-refractivity contribution in [3.8, 4) is 0 Å². The standard InChI is InChI=1S/C20H21FN4O2/c21-18-6-5-17(15-3-1-2-4-16(15)18)20(26)22-19-7-8-25(23-19)10-9-24-11-13-27-14-12-24/h1-8H,9-14H2,(H,22,23,26). The summed E-state index contributed by atoms with van der Waals surface area (Å²) in [5, 5.41) is 8.23. The summed E-state index contributed by atoms with van der Waals surface area (Å²) < 4.78 is 21.1. The van der Waals surface area contributed by atoms with Crippen LogP contribution in [0.5, 0.6) is 0 Å². The van der Waals surface area contributed by atoms with Gasteiger partial charge in [-0.25, -0.2) is 4.39 Å². The average molecular weight is 368 g/mol. The van der Waals surface area contributed by atoms with Crippen molar-refractivity contribution < 1.29 is 13.9 Å². The number of hydrogen-bond donors (Lipinski definition) is 1. The number of ether oxygens (including phenoxy) is 1. The van der Waals surface area contributed by atoms with Crippen LogP contribution >= 0.6 is 0 Å². The van der Waals surface area contributed by atoms with E-state index in [0.29, 0.717) is 22.2 Å². The fourth-order valence-electron chi connectivity index (χ4n) is 3.27. The van der Waals surface area contributed by atoms with Gasteiger partial charge in [-0.1, -0.05) is 24.3 Å². The number of fused-ring (bicyclic) bond motifs is 1. The third-order valence-corrected chi connectivity index (χ3v) is 4.75. The Kier molecular flexibility index (Phi) is 5.13. The molecule has 1 saturated heterocycles. The Bertz CT molecular complexity index is 950. The summed E-state index contributed by atoms with van der Waals surface area (Å²) in [5.74, 6) is -0.158. The molecule has 0 radical (unpaired) electrons. The van der Waals surface area contributed by atoms with Gasteiger partial charge in [0, 0.05) is 42.8 Å². The minimum atomic E-state index is -0.338. The smallest absolute Gasteiger partial charge is 0.257 e. The van der Waals surface area contributed by atoms with Gasteiger partial charge < -0.3 is 10.1 Å². The molecule has 0 spiro atoms. The first-order chi connectivity index (χ1) is 13.2. The van der Waals surface area contributed by atoms with Crippen molar-refractivity contribution in [3.05, 3.63) is 60.0 Å². The fourth-order valence-corrected chi connectivity index (χ4v) is 3.27. The highest BCUT2D eigenvalue weighted by atomic mass is 19.1. The van der Waals surface area contributed by atoms with Gasteiger partial charge in [0.1, 0.15) is 5.82 Å². The minimum Gasteiger partial charge on any atom is -0.379 e. The average Bonchev–Trinajstić information content (AvgIpc) is 3.15. The van der Waals surface area contributed by atoms with Crippen molar-refractivity contribution in [1.29, 1.82) is 0 Å². The lowest BCUT2D eigenvalue weighted by Gasteiger charge is -2.26. The number of aromatic nitrogens is 2. The molecule has 0 aliphatic carbocycles. The first kappa shape index (κ1) is 17.6. The first-order valence-electron chi connectivity index (χ1n) is 9.03. The van der Waals surface area contributed by atoms with E-state index in [-0.39, 0.29) is 11.7 Å². The number of nitrogens with zero attached hydrogens (tertiary/aromatic N) is 3. The molecule has 4 rings (SSSR count). The number of anilines is 1. The monoisotopic (exact) mass is 368 g/mol. The van der Waals surface area contributed by atoms with Gasteiger partial charge in [-0.2, -0.15) is 5.10 Å². The van der Waals surface area contributed by atoms with Crippen LogP contribution < -0.4 is 5.32 Å². The maximum absolute atomic E-state index is 13.9. The Balaban J connectivity index is 1.43. The van der Waals surface area contributed by atoms with Crippen LogP contribution in [0.4, 0.5) is 10.2 Å². The van der Waals surface area contributed by atoms with Crippen molar-refractivity contribution in [1.82, 2.24) is 14.7 Å². The molecule has 6 nitrogen and oxygen atoms in total. The second-order valence-corrected chi connectivity index (χ2v) is 6.51. The second kappa shape index (κ2) is 7.85. The van der Waals surface area contributed by atoms with E-state index in [0.717, 1.165) is 39.4 Å². The van der Waals surface area contributed by atoms with E-state index < -0.39 is 0 Å². The van der Waals surface area contributed by atoms with Crippen LogP contribution in [0.25, 0.3) is 10.8 Å². The second-order valence-electron chi connectivity index (χ2n) is 6.51. The molecule has 2 heterocycles. The number of carbonyl (C=O) groups is 1. The largest absolute Gasteiger partial charge is 0.379 e. The predicted molar refractivity (Wildman–Crippen MR) is 101 cm³/mol. The maximum atomic E-state index is 13.9. The molecule has 1 N–H and O–H groups in total. The summed E-state index contributed by atoms with van der Waals surface area (Å²) in [6.45, 7) is 5.04. The van der Waals surface area contributed by atoms with Crippen LogP contribution in [0.1, 0.15) is 10.4 Å². The van der Waals surface area contributed by atoms with Crippen molar-refractivity contribution in [2.45, 2.75) is 6.54 Å². The molecule has 0 saturated carbocycles. The zero-order valence-electron chi connectivity index (χ0n) is 14.9. The number of amides is 1. The van der Waals surface area contributed by atoms with Crippen molar-refractivity contribution in [3.63, 3.8) is 0 Å². The summed E-state index contributed by atoms with van der Waals surface area (Å²) in [4.78, 5) is 15.0. The molecule has 1 aliphatic heterocycles. The SMILES string of the molecule is O=C(Nc1ccn(CCN2CCOCC2)n1)c1ccc(F)c2ccccc12. The van der Waals surface area contributed by atoms with E-state index in [1.54, 1.807) is 30.3 Å². The van der Waals surface area contributed by atoms with Gasteiger partial charge in [-0.05, 0) is 17.5 Å². The molecule has 1 aromatic heterocycles. The molecule has 0 atom stereocenters. The number of rotatable bonds is 5. The quantitative estimate of drug-likeness (QED) is 0.752. The summed E-state index contributed by atoms with van der Waals surface area (Å²) in [7, 11) is 0. The molecule has 7 heteroatoms. The van der Waals surface area contributed by atoms with Crippen molar-refractivity contribution >= 4 is 22.5 Å². The number of nitrogens with one attached hydrogen (secondary N) is 1. The van der Waals surface area contributed by atoms with E-state index in [1.807, 2.05) is 10.9 Å². The number of halogens is 1. The summed E-state index contributed by atoms with van der Waals surface area (Å²) in [5.41, 5.74) is 0.426. The van der Waals surface area contributed by atoms with Crippen LogP contribution in [-0.2, 0) is 11.3 Å². The van der Waals surface area contributed by atoms with Crippen molar-refractivity contribution in [2.24, 2.45) is 0 Å². The fraction of sp³-hybridized carbons (Fsp3) is 0.300. The van der Waals surface area contributed by atoms with Gasteiger partial charge in [0.05, 0.1) is 19.8 Å². The summed E-state index contributed by atoms with van der Waals surface area (Å²) >= 11 is 0. The first-order valence-corrected chi connectivity index (χ1v) is 9.03. The molecular weight excluding hydrogens is 347 g/mol. The molecule has 1 fully saturated rings.